The lowest BCUT2D eigenvalue weighted by Gasteiger charge is -2.31. The van der Waals surface area contributed by atoms with Crippen LogP contribution in [0.1, 0.15) is 48.9 Å². The average molecular weight is 429 g/mol. The van der Waals surface area contributed by atoms with Gasteiger partial charge < -0.3 is 5.32 Å². The Morgan fingerprint density at radius 2 is 1.70 bits per heavy atom. The van der Waals surface area contributed by atoms with Crippen LogP contribution in [0.4, 0.5) is 0 Å². The second kappa shape index (κ2) is 10.2. The van der Waals surface area contributed by atoms with Gasteiger partial charge in [0.05, 0.1) is 11.8 Å². The fraction of sp³-hybridized carbons (Fsp3) is 0.458. The van der Waals surface area contributed by atoms with E-state index in [-0.39, 0.29) is 23.6 Å². The van der Waals surface area contributed by atoms with Gasteiger partial charge in [-0.15, -0.1) is 0 Å². The SMILES string of the molecule is Cc1ccc([C@H](C)NC(=O)C2CCN(S(=O)(=O)CCCc3ccccc3)CC2)cc1. The van der Waals surface area contributed by atoms with E-state index in [1.807, 2.05) is 68.4 Å². The Hall–Kier alpha value is -2.18. The van der Waals surface area contributed by atoms with Gasteiger partial charge in [0.2, 0.25) is 15.9 Å². The molecular weight excluding hydrogens is 396 g/mol. The van der Waals surface area contributed by atoms with Crippen LogP contribution in [0.15, 0.2) is 54.6 Å². The smallest absolute Gasteiger partial charge is 0.223 e. The summed E-state index contributed by atoms with van der Waals surface area (Å²) >= 11 is 0. The van der Waals surface area contributed by atoms with E-state index in [1.54, 1.807) is 4.31 Å². The van der Waals surface area contributed by atoms with Gasteiger partial charge >= 0.3 is 0 Å². The molecule has 1 aliphatic heterocycles. The van der Waals surface area contributed by atoms with Crippen molar-refractivity contribution in [3.05, 3.63) is 71.3 Å². The van der Waals surface area contributed by atoms with E-state index < -0.39 is 10.0 Å². The summed E-state index contributed by atoms with van der Waals surface area (Å²) in [5.41, 5.74) is 3.42. The van der Waals surface area contributed by atoms with Crippen LogP contribution in [-0.2, 0) is 21.2 Å². The van der Waals surface area contributed by atoms with Crippen molar-refractivity contribution >= 4 is 15.9 Å². The molecule has 1 saturated heterocycles. The molecule has 1 amide bonds. The quantitative estimate of drug-likeness (QED) is 0.695. The number of carbonyl (C=O) groups excluding carboxylic acids is 1. The van der Waals surface area contributed by atoms with Gasteiger partial charge in [0.1, 0.15) is 0 Å². The molecule has 5 nitrogen and oxygen atoms in total. The molecule has 30 heavy (non-hydrogen) atoms. The Morgan fingerprint density at radius 3 is 2.33 bits per heavy atom. The van der Waals surface area contributed by atoms with Crippen LogP contribution in [0.2, 0.25) is 0 Å². The van der Waals surface area contributed by atoms with Crippen molar-refractivity contribution in [2.45, 2.75) is 45.6 Å². The monoisotopic (exact) mass is 428 g/mol. The van der Waals surface area contributed by atoms with Crippen LogP contribution in [0.25, 0.3) is 0 Å². The lowest BCUT2D eigenvalue weighted by atomic mass is 9.96. The average Bonchev–Trinajstić information content (AvgIpc) is 2.75. The number of hydrogen-bond acceptors (Lipinski definition) is 3. The first-order valence-corrected chi connectivity index (χ1v) is 12.3. The minimum absolute atomic E-state index is 0.0178. The molecule has 3 rings (SSSR count). The van der Waals surface area contributed by atoms with Crippen molar-refractivity contribution in [2.75, 3.05) is 18.8 Å². The Balaban J connectivity index is 1.45. The molecule has 2 aromatic carbocycles. The van der Waals surface area contributed by atoms with Gasteiger partial charge in [-0.2, -0.15) is 0 Å². The molecule has 0 unspecified atom stereocenters. The predicted octanol–water partition coefficient (Wildman–Crippen LogP) is 3.85. The minimum Gasteiger partial charge on any atom is -0.349 e. The molecule has 1 atom stereocenters. The third kappa shape index (κ3) is 6.16. The summed E-state index contributed by atoms with van der Waals surface area (Å²) in [5, 5.41) is 3.08. The first-order chi connectivity index (χ1) is 14.3. The number of hydrogen-bond donors (Lipinski definition) is 1. The summed E-state index contributed by atoms with van der Waals surface area (Å²) in [6.45, 7) is 4.86. The normalized spacial score (nSPS) is 16.9. The summed E-state index contributed by atoms with van der Waals surface area (Å²) in [5.74, 6) is 0.0429. The zero-order chi connectivity index (χ0) is 21.6. The third-order valence-electron chi connectivity index (χ3n) is 5.86. The maximum Gasteiger partial charge on any atom is 0.223 e. The molecular formula is C24H32N2O3S. The standard InChI is InChI=1S/C24H32N2O3S/c1-19-10-12-22(13-11-19)20(2)25-24(27)23-14-16-26(17-15-23)30(28,29)18-6-9-21-7-4-3-5-8-21/h3-5,7-8,10-13,20,23H,6,9,14-18H2,1-2H3,(H,25,27)/t20-/m0/s1. The highest BCUT2D eigenvalue weighted by atomic mass is 32.2. The number of rotatable bonds is 8. The molecule has 0 spiro atoms. The minimum atomic E-state index is -3.27. The van der Waals surface area contributed by atoms with Gasteiger partial charge in [-0.1, -0.05) is 60.2 Å². The first-order valence-electron chi connectivity index (χ1n) is 10.7. The molecule has 1 aliphatic rings. The molecule has 6 heteroatoms. The van der Waals surface area contributed by atoms with Crippen molar-refractivity contribution < 1.29 is 13.2 Å². The number of benzene rings is 2. The summed E-state index contributed by atoms with van der Waals surface area (Å²) in [4.78, 5) is 12.7. The van der Waals surface area contributed by atoms with E-state index in [0.29, 0.717) is 32.4 Å². The maximum absolute atomic E-state index is 12.7. The van der Waals surface area contributed by atoms with Crippen molar-refractivity contribution in [3.8, 4) is 0 Å². The van der Waals surface area contributed by atoms with E-state index in [2.05, 4.69) is 5.32 Å². The Morgan fingerprint density at radius 1 is 1.07 bits per heavy atom. The number of piperidine rings is 1. The van der Waals surface area contributed by atoms with Gasteiger partial charge in [0.15, 0.2) is 0 Å². The Labute approximate surface area is 180 Å². The number of aryl methyl sites for hydroxylation is 2. The Kier molecular flexibility index (Phi) is 7.67. The largest absolute Gasteiger partial charge is 0.349 e. The molecule has 2 aromatic rings. The molecule has 1 heterocycles. The second-order valence-corrected chi connectivity index (χ2v) is 10.3. The molecule has 1 fully saturated rings. The maximum atomic E-state index is 12.7. The van der Waals surface area contributed by atoms with Crippen LogP contribution >= 0.6 is 0 Å². The molecule has 0 aliphatic carbocycles. The van der Waals surface area contributed by atoms with E-state index in [9.17, 15) is 13.2 Å². The summed E-state index contributed by atoms with van der Waals surface area (Å²) in [6.07, 6.45) is 2.52. The number of sulfonamides is 1. The van der Waals surface area contributed by atoms with Gasteiger partial charge in [-0.05, 0) is 50.7 Å². The number of nitrogens with zero attached hydrogens (tertiary/aromatic N) is 1. The lowest BCUT2D eigenvalue weighted by Crippen LogP contribution is -2.44. The third-order valence-corrected chi connectivity index (χ3v) is 7.82. The van der Waals surface area contributed by atoms with Crippen LogP contribution in [-0.4, -0.2) is 37.5 Å². The van der Waals surface area contributed by atoms with Crippen molar-refractivity contribution in [2.24, 2.45) is 5.92 Å². The molecule has 0 aromatic heterocycles. The highest BCUT2D eigenvalue weighted by Gasteiger charge is 2.31. The fourth-order valence-electron chi connectivity index (χ4n) is 3.90. The van der Waals surface area contributed by atoms with Gasteiger partial charge in [-0.25, -0.2) is 12.7 Å². The van der Waals surface area contributed by atoms with Crippen LogP contribution in [0.3, 0.4) is 0 Å². The van der Waals surface area contributed by atoms with E-state index in [4.69, 9.17) is 0 Å². The predicted molar refractivity (Wildman–Crippen MR) is 121 cm³/mol. The van der Waals surface area contributed by atoms with Crippen molar-refractivity contribution in [1.82, 2.24) is 9.62 Å². The van der Waals surface area contributed by atoms with E-state index in [1.165, 1.54) is 5.56 Å². The van der Waals surface area contributed by atoms with E-state index >= 15 is 0 Å². The van der Waals surface area contributed by atoms with Crippen LogP contribution in [0, 0.1) is 12.8 Å². The van der Waals surface area contributed by atoms with Crippen LogP contribution < -0.4 is 5.32 Å². The van der Waals surface area contributed by atoms with Crippen molar-refractivity contribution in [3.63, 3.8) is 0 Å². The topological polar surface area (TPSA) is 66.5 Å². The number of carbonyl (C=O) groups is 1. The van der Waals surface area contributed by atoms with Crippen LogP contribution in [0.5, 0.6) is 0 Å². The van der Waals surface area contributed by atoms with Gasteiger partial charge in [0.25, 0.3) is 0 Å². The number of amides is 1. The van der Waals surface area contributed by atoms with E-state index in [0.717, 1.165) is 17.5 Å². The van der Waals surface area contributed by atoms with Gasteiger partial charge in [0, 0.05) is 19.0 Å². The molecule has 162 valence electrons. The van der Waals surface area contributed by atoms with Crippen molar-refractivity contribution in [1.29, 1.82) is 0 Å². The lowest BCUT2D eigenvalue weighted by molar-refractivity contribution is -0.126. The molecule has 0 bridgehead atoms. The van der Waals surface area contributed by atoms with Gasteiger partial charge in [-0.3, -0.25) is 4.79 Å². The number of nitrogens with one attached hydrogen (secondary N) is 1. The summed E-state index contributed by atoms with van der Waals surface area (Å²) in [7, 11) is -3.27. The summed E-state index contributed by atoms with van der Waals surface area (Å²) in [6, 6.07) is 18.0. The Bertz CT molecular complexity index is 919. The molecule has 1 N–H and O–H groups in total. The zero-order valence-electron chi connectivity index (χ0n) is 17.9. The first kappa shape index (κ1) is 22.5. The fourth-order valence-corrected chi connectivity index (χ4v) is 5.43. The second-order valence-electron chi connectivity index (χ2n) is 8.22. The molecule has 0 saturated carbocycles. The highest BCUT2D eigenvalue weighted by molar-refractivity contribution is 7.89. The highest BCUT2D eigenvalue weighted by Crippen LogP contribution is 2.22. The zero-order valence-corrected chi connectivity index (χ0v) is 18.7. The molecule has 0 radical (unpaired) electrons. The summed E-state index contributed by atoms with van der Waals surface area (Å²) < 4.78 is 26.9.